The second kappa shape index (κ2) is 5.80. The number of aromatic nitrogens is 2. The number of hydrogen-bond donors (Lipinski definition) is 0. The highest BCUT2D eigenvalue weighted by atomic mass is 32.2. The first-order chi connectivity index (χ1) is 10.9. The SMILES string of the molecule is CCc1nc(C2CCCN2C(=O)c2ccc(S(C)(=O)=O)o2)no1. The summed E-state index contributed by atoms with van der Waals surface area (Å²) >= 11 is 0. The van der Waals surface area contributed by atoms with Crippen molar-refractivity contribution < 1.29 is 22.2 Å². The van der Waals surface area contributed by atoms with Crippen LogP contribution in [0.3, 0.4) is 0 Å². The van der Waals surface area contributed by atoms with Crippen LogP contribution in [-0.2, 0) is 16.3 Å². The topological polar surface area (TPSA) is 107 Å². The smallest absolute Gasteiger partial charge is 0.290 e. The van der Waals surface area contributed by atoms with Gasteiger partial charge in [-0.2, -0.15) is 4.98 Å². The molecule has 1 aliphatic heterocycles. The normalized spacial score (nSPS) is 18.5. The molecule has 2 aromatic rings. The minimum absolute atomic E-state index is 0.00321. The fourth-order valence-corrected chi connectivity index (χ4v) is 3.16. The molecule has 8 nitrogen and oxygen atoms in total. The van der Waals surface area contributed by atoms with Crippen molar-refractivity contribution in [1.82, 2.24) is 15.0 Å². The third kappa shape index (κ3) is 3.00. The number of carbonyl (C=O) groups is 1. The minimum Gasteiger partial charge on any atom is -0.440 e. The van der Waals surface area contributed by atoms with E-state index in [1.165, 1.54) is 12.1 Å². The fourth-order valence-electron chi connectivity index (χ4n) is 2.60. The molecule has 23 heavy (non-hydrogen) atoms. The van der Waals surface area contributed by atoms with Crippen LogP contribution in [0.25, 0.3) is 0 Å². The first-order valence-electron chi connectivity index (χ1n) is 7.33. The van der Waals surface area contributed by atoms with E-state index in [1.54, 1.807) is 4.90 Å². The highest BCUT2D eigenvalue weighted by molar-refractivity contribution is 7.90. The van der Waals surface area contributed by atoms with E-state index in [0.29, 0.717) is 24.7 Å². The molecule has 0 spiro atoms. The van der Waals surface area contributed by atoms with Gasteiger partial charge < -0.3 is 13.8 Å². The molecule has 0 saturated carbocycles. The maximum Gasteiger partial charge on any atom is 0.290 e. The maximum absolute atomic E-state index is 12.6. The van der Waals surface area contributed by atoms with Gasteiger partial charge in [0.05, 0.1) is 6.04 Å². The van der Waals surface area contributed by atoms with Gasteiger partial charge in [0, 0.05) is 19.2 Å². The number of carbonyl (C=O) groups excluding carboxylic acids is 1. The number of furan rings is 1. The highest BCUT2D eigenvalue weighted by Gasteiger charge is 2.35. The van der Waals surface area contributed by atoms with E-state index < -0.39 is 9.84 Å². The summed E-state index contributed by atoms with van der Waals surface area (Å²) in [5, 5.41) is 3.72. The minimum atomic E-state index is -3.48. The van der Waals surface area contributed by atoms with Crippen LogP contribution in [0.4, 0.5) is 0 Å². The summed E-state index contributed by atoms with van der Waals surface area (Å²) in [6, 6.07) is 2.39. The van der Waals surface area contributed by atoms with Gasteiger partial charge in [0.15, 0.2) is 11.6 Å². The average molecular weight is 339 g/mol. The molecule has 1 fully saturated rings. The summed E-state index contributed by atoms with van der Waals surface area (Å²) in [6.07, 6.45) is 3.20. The number of likely N-dealkylation sites (tertiary alicyclic amines) is 1. The second-order valence-corrected chi connectivity index (χ2v) is 7.39. The molecule has 0 aromatic carbocycles. The summed E-state index contributed by atoms with van der Waals surface area (Å²) in [5.41, 5.74) is 0. The van der Waals surface area contributed by atoms with E-state index in [2.05, 4.69) is 10.1 Å². The Bertz CT molecular complexity index is 823. The summed E-state index contributed by atoms with van der Waals surface area (Å²) in [5.74, 6) is 0.626. The van der Waals surface area contributed by atoms with Crippen LogP contribution in [0.5, 0.6) is 0 Å². The first-order valence-corrected chi connectivity index (χ1v) is 9.22. The van der Waals surface area contributed by atoms with E-state index >= 15 is 0 Å². The van der Waals surface area contributed by atoms with Gasteiger partial charge in [-0.15, -0.1) is 0 Å². The Morgan fingerprint density at radius 3 is 2.83 bits per heavy atom. The number of nitrogens with zero attached hydrogens (tertiary/aromatic N) is 3. The van der Waals surface area contributed by atoms with Crippen molar-refractivity contribution in [2.75, 3.05) is 12.8 Å². The lowest BCUT2D eigenvalue weighted by atomic mass is 10.2. The molecule has 0 aliphatic carbocycles. The third-order valence-corrected chi connectivity index (χ3v) is 4.71. The Hall–Kier alpha value is -2.16. The lowest BCUT2D eigenvalue weighted by Gasteiger charge is -2.20. The van der Waals surface area contributed by atoms with Crippen LogP contribution in [0, 0.1) is 0 Å². The number of rotatable bonds is 4. The van der Waals surface area contributed by atoms with Crippen LogP contribution in [-0.4, -0.2) is 42.2 Å². The Balaban J connectivity index is 1.84. The van der Waals surface area contributed by atoms with Crippen LogP contribution < -0.4 is 0 Å². The molecular formula is C14H17N3O5S. The standard InChI is InChI=1S/C14H17N3O5S/c1-3-11-15-13(16-22-11)9-5-4-8-17(9)14(18)10-6-7-12(21-10)23(2,19)20/h6-7,9H,3-5,8H2,1-2H3. The zero-order valence-electron chi connectivity index (χ0n) is 12.9. The zero-order valence-corrected chi connectivity index (χ0v) is 13.7. The number of aryl methyl sites for hydroxylation is 1. The monoisotopic (exact) mass is 339 g/mol. The van der Waals surface area contributed by atoms with E-state index in [-0.39, 0.29) is 22.8 Å². The summed E-state index contributed by atoms with van der Waals surface area (Å²) in [7, 11) is -3.48. The van der Waals surface area contributed by atoms with Gasteiger partial charge in [-0.05, 0) is 25.0 Å². The van der Waals surface area contributed by atoms with Crippen molar-refractivity contribution in [3.63, 3.8) is 0 Å². The fraction of sp³-hybridized carbons (Fsp3) is 0.500. The maximum atomic E-state index is 12.6. The molecule has 1 saturated heterocycles. The Labute approximate surface area is 133 Å². The molecule has 1 atom stereocenters. The molecule has 1 unspecified atom stereocenters. The molecule has 2 aromatic heterocycles. The van der Waals surface area contributed by atoms with E-state index in [0.717, 1.165) is 19.1 Å². The number of hydrogen-bond acceptors (Lipinski definition) is 7. The molecule has 9 heteroatoms. The Morgan fingerprint density at radius 1 is 1.43 bits per heavy atom. The predicted octanol–water partition coefficient (Wildman–Crippen LogP) is 1.61. The van der Waals surface area contributed by atoms with Crippen LogP contribution in [0.15, 0.2) is 26.2 Å². The van der Waals surface area contributed by atoms with Gasteiger partial charge in [-0.3, -0.25) is 4.79 Å². The van der Waals surface area contributed by atoms with Crippen LogP contribution in [0.1, 0.15) is 48.1 Å². The van der Waals surface area contributed by atoms with Gasteiger partial charge in [0.25, 0.3) is 5.91 Å². The van der Waals surface area contributed by atoms with Crippen molar-refractivity contribution in [3.05, 3.63) is 29.6 Å². The van der Waals surface area contributed by atoms with E-state index in [1.807, 2.05) is 6.92 Å². The van der Waals surface area contributed by atoms with Crippen molar-refractivity contribution >= 4 is 15.7 Å². The number of amides is 1. The lowest BCUT2D eigenvalue weighted by Crippen LogP contribution is -2.30. The van der Waals surface area contributed by atoms with Gasteiger partial charge >= 0.3 is 0 Å². The van der Waals surface area contributed by atoms with E-state index in [9.17, 15) is 13.2 Å². The Kier molecular flexibility index (Phi) is 3.97. The third-order valence-electron chi connectivity index (χ3n) is 3.76. The molecule has 0 bridgehead atoms. The highest BCUT2D eigenvalue weighted by Crippen LogP contribution is 2.32. The van der Waals surface area contributed by atoms with Gasteiger partial charge in [-0.25, -0.2) is 8.42 Å². The van der Waals surface area contributed by atoms with Crippen LogP contribution >= 0.6 is 0 Å². The van der Waals surface area contributed by atoms with Crippen molar-refractivity contribution in [2.45, 2.75) is 37.3 Å². The molecular weight excluding hydrogens is 322 g/mol. The second-order valence-electron chi connectivity index (χ2n) is 5.45. The van der Waals surface area contributed by atoms with Crippen LogP contribution in [0.2, 0.25) is 0 Å². The molecule has 1 aliphatic rings. The van der Waals surface area contributed by atoms with Crippen molar-refractivity contribution in [2.24, 2.45) is 0 Å². The quantitative estimate of drug-likeness (QED) is 0.832. The molecule has 3 rings (SSSR count). The largest absolute Gasteiger partial charge is 0.440 e. The van der Waals surface area contributed by atoms with Gasteiger partial charge in [-0.1, -0.05) is 12.1 Å². The van der Waals surface area contributed by atoms with E-state index in [4.69, 9.17) is 8.94 Å². The van der Waals surface area contributed by atoms with Crippen molar-refractivity contribution in [1.29, 1.82) is 0 Å². The van der Waals surface area contributed by atoms with Gasteiger partial charge in [0.1, 0.15) is 0 Å². The van der Waals surface area contributed by atoms with Crippen molar-refractivity contribution in [3.8, 4) is 0 Å². The molecule has 1 amide bonds. The lowest BCUT2D eigenvalue weighted by molar-refractivity contribution is 0.0690. The Morgan fingerprint density at radius 2 is 2.22 bits per heavy atom. The van der Waals surface area contributed by atoms with Gasteiger partial charge in [0.2, 0.25) is 20.8 Å². The zero-order chi connectivity index (χ0) is 16.6. The average Bonchev–Trinajstić information content (AvgIpc) is 3.23. The molecule has 0 N–H and O–H groups in total. The molecule has 124 valence electrons. The summed E-state index contributed by atoms with van der Waals surface area (Å²) < 4.78 is 33.2. The summed E-state index contributed by atoms with van der Waals surface area (Å²) in [4.78, 5) is 18.5. The molecule has 3 heterocycles. The molecule has 0 radical (unpaired) electrons. The first kappa shape index (κ1) is 15.7. The summed E-state index contributed by atoms with van der Waals surface area (Å²) in [6.45, 7) is 2.44. The predicted molar refractivity (Wildman–Crippen MR) is 78.5 cm³/mol. The number of sulfone groups is 1.